The predicted molar refractivity (Wildman–Crippen MR) is 112 cm³/mol. The number of methoxy groups -OCH3 is 1. The fraction of sp³-hybridized carbons (Fsp3) is 0.174. The van der Waals surface area contributed by atoms with E-state index in [-0.39, 0.29) is 11.8 Å². The zero-order chi connectivity index (χ0) is 20.5. The van der Waals surface area contributed by atoms with Gasteiger partial charge in [0.15, 0.2) is 0 Å². The van der Waals surface area contributed by atoms with Crippen molar-refractivity contribution in [1.82, 2.24) is 10.3 Å². The summed E-state index contributed by atoms with van der Waals surface area (Å²) in [5, 5.41) is 5.79. The number of hydrogen-bond donors (Lipinski definition) is 2. The molecule has 6 heteroatoms. The summed E-state index contributed by atoms with van der Waals surface area (Å²) in [4.78, 5) is 28.6. The molecule has 0 aliphatic heterocycles. The number of hydrogen-bond acceptors (Lipinski definition) is 4. The average Bonchev–Trinajstić information content (AvgIpc) is 2.77. The summed E-state index contributed by atoms with van der Waals surface area (Å²) >= 11 is 0. The molecule has 0 spiro atoms. The van der Waals surface area contributed by atoms with Crippen LogP contribution in [0.3, 0.4) is 0 Å². The molecular weight excluding hydrogens is 366 g/mol. The molecule has 0 fully saturated rings. The molecule has 2 aromatic carbocycles. The molecule has 0 atom stereocenters. The van der Waals surface area contributed by atoms with E-state index in [4.69, 9.17) is 4.74 Å². The van der Waals surface area contributed by atoms with Gasteiger partial charge in [0.25, 0.3) is 5.91 Å². The van der Waals surface area contributed by atoms with Gasteiger partial charge in [0, 0.05) is 31.0 Å². The van der Waals surface area contributed by atoms with Crippen molar-refractivity contribution in [2.75, 3.05) is 12.4 Å². The highest BCUT2D eigenvalue weighted by Gasteiger charge is 2.10. The number of pyridine rings is 1. The maximum Gasteiger partial charge on any atom is 0.257 e. The minimum atomic E-state index is -0.241. The number of nitrogens with one attached hydrogen (secondary N) is 2. The van der Waals surface area contributed by atoms with Gasteiger partial charge in [-0.05, 0) is 47.9 Å². The Hall–Kier alpha value is -3.67. The van der Waals surface area contributed by atoms with Gasteiger partial charge in [-0.1, -0.05) is 30.3 Å². The lowest BCUT2D eigenvalue weighted by Gasteiger charge is -2.12. The second kappa shape index (κ2) is 10.0. The van der Waals surface area contributed by atoms with Crippen molar-refractivity contribution < 1.29 is 14.3 Å². The number of ether oxygens (including phenoxy) is 1. The largest absolute Gasteiger partial charge is 0.497 e. The Morgan fingerprint density at radius 2 is 1.90 bits per heavy atom. The monoisotopic (exact) mass is 389 g/mol. The van der Waals surface area contributed by atoms with Gasteiger partial charge in [-0.25, -0.2) is 0 Å². The van der Waals surface area contributed by atoms with Crippen LogP contribution in [0.5, 0.6) is 5.75 Å². The highest BCUT2D eigenvalue weighted by atomic mass is 16.5. The Bertz CT molecular complexity index is 974. The van der Waals surface area contributed by atoms with Gasteiger partial charge >= 0.3 is 0 Å². The lowest BCUT2D eigenvalue weighted by atomic mass is 10.1. The number of nitrogens with zero attached hydrogens (tertiary/aromatic N) is 1. The minimum absolute atomic E-state index is 0.0544. The van der Waals surface area contributed by atoms with Crippen molar-refractivity contribution >= 4 is 17.5 Å². The van der Waals surface area contributed by atoms with Crippen molar-refractivity contribution in [1.29, 1.82) is 0 Å². The number of para-hydroxylation sites is 1. The van der Waals surface area contributed by atoms with Crippen molar-refractivity contribution in [2.45, 2.75) is 19.4 Å². The number of amides is 2. The smallest absolute Gasteiger partial charge is 0.257 e. The summed E-state index contributed by atoms with van der Waals surface area (Å²) in [7, 11) is 1.62. The van der Waals surface area contributed by atoms with Crippen molar-refractivity contribution in [2.24, 2.45) is 0 Å². The molecule has 1 heterocycles. The topological polar surface area (TPSA) is 80.3 Å². The molecule has 0 radical (unpaired) electrons. The van der Waals surface area contributed by atoms with Crippen LogP contribution in [0.4, 0.5) is 5.69 Å². The van der Waals surface area contributed by atoms with E-state index >= 15 is 0 Å². The van der Waals surface area contributed by atoms with Crippen LogP contribution < -0.4 is 15.4 Å². The van der Waals surface area contributed by atoms with E-state index in [1.807, 2.05) is 48.5 Å². The maximum atomic E-state index is 12.4. The number of aryl methyl sites for hydroxylation is 1. The quantitative estimate of drug-likeness (QED) is 0.617. The standard InChI is InChI=1S/C23H23N3O3/c1-29-20-9-4-6-17(14-20)11-12-22(27)25-16-18-7-2-3-10-21(18)26-23(28)19-8-5-13-24-15-19/h2-10,13-15H,11-12,16H2,1H3,(H,25,27)(H,26,28). The zero-order valence-corrected chi connectivity index (χ0v) is 16.2. The molecule has 0 saturated heterocycles. The van der Waals surface area contributed by atoms with Crippen molar-refractivity contribution in [3.05, 3.63) is 89.7 Å². The van der Waals surface area contributed by atoms with Gasteiger partial charge in [-0.2, -0.15) is 0 Å². The molecule has 2 amide bonds. The summed E-state index contributed by atoms with van der Waals surface area (Å²) in [6, 6.07) is 18.5. The first kappa shape index (κ1) is 20.1. The van der Waals surface area contributed by atoms with E-state index in [0.29, 0.717) is 30.6 Å². The van der Waals surface area contributed by atoms with Gasteiger partial charge in [0.1, 0.15) is 5.75 Å². The molecule has 29 heavy (non-hydrogen) atoms. The number of carbonyl (C=O) groups excluding carboxylic acids is 2. The van der Waals surface area contributed by atoms with E-state index in [2.05, 4.69) is 15.6 Å². The van der Waals surface area contributed by atoms with Gasteiger partial charge in [0.2, 0.25) is 5.91 Å². The first-order valence-corrected chi connectivity index (χ1v) is 9.34. The van der Waals surface area contributed by atoms with Crippen LogP contribution in [0, 0.1) is 0 Å². The molecule has 0 aliphatic rings. The van der Waals surface area contributed by atoms with Crippen LogP contribution in [0.2, 0.25) is 0 Å². The molecule has 1 aromatic heterocycles. The number of rotatable bonds is 8. The SMILES string of the molecule is COc1cccc(CCC(=O)NCc2ccccc2NC(=O)c2cccnc2)c1. The number of benzene rings is 2. The summed E-state index contributed by atoms with van der Waals surface area (Å²) in [5.41, 5.74) is 3.02. The maximum absolute atomic E-state index is 12.4. The number of aromatic nitrogens is 1. The lowest BCUT2D eigenvalue weighted by molar-refractivity contribution is -0.121. The van der Waals surface area contributed by atoms with Gasteiger partial charge < -0.3 is 15.4 Å². The van der Waals surface area contributed by atoms with Gasteiger partial charge in [-0.3, -0.25) is 14.6 Å². The Morgan fingerprint density at radius 1 is 1.03 bits per heavy atom. The minimum Gasteiger partial charge on any atom is -0.497 e. The Balaban J connectivity index is 1.55. The van der Waals surface area contributed by atoms with E-state index < -0.39 is 0 Å². The van der Waals surface area contributed by atoms with Crippen LogP contribution in [-0.4, -0.2) is 23.9 Å². The number of anilines is 1. The Kier molecular flexibility index (Phi) is 6.95. The molecule has 3 aromatic rings. The van der Waals surface area contributed by atoms with Crippen LogP contribution in [0.25, 0.3) is 0 Å². The van der Waals surface area contributed by atoms with E-state index in [9.17, 15) is 9.59 Å². The third-order valence-corrected chi connectivity index (χ3v) is 4.44. The summed E-state index contributed by atoms with van der Waals surface area (Å²) < 4.78 is 5.20. The summed E-state index contributed by atoms with van der Waals surface area (Å²) in [6.45, 7) is 0.334. The first-order valence-electron chi connectivity index (χ1n) is 9.34. The fourth-order valence-electron chi connectivity index (χ4n) is 2.86. The Morgan fingerprint density at radius 3 is 2.69 bits per heavy atom. The molecular formula is C23H23N3O3. The van der Waals surface area contributed by atoms with Gasteiger partial charge in [0.05, 0.1) is 12.7 Å². The summed E-state index contributed by atoms with van der Waals surface area (Å²) in [6.07, 6.45) is 4.13. The molecule has 3 rings (SSSR count). The lowest BCUT2D eigenvalue weighted by Crippen LogP contribution is -2.24. The third kappa shape index (κ3) is 5.90. The second-order valence-corrected chi connectivity index (χ2v) is 6.48. The summed E-state index contributed by atoms with van der Waals surface area (Å²) in [5.74, 6) is 0.484. The normalized spacial score (nSPS) is 10.2. The first-order chi connectivity index (χ1) is 14.2. The third-order valence-electron chi connectivity index (χ3n) is 4.44. The van der Waals surface area contributed by atoms with Crippen molar-refractivity contribution in [3.63, 3.8) is 0 Å². The fourth-order valence-corrected chi connectivity index (χ4v) is 2.86. The Labute approximate surface area is 169 Å². The molecule has 0 unspecified atom stereocenters. The molecule has 0 saturated carbocycles. The predicted octanol–water partition coefficient (Wildman–Crippen LogP) is 3.59. The molecule has 6 nitrogen and oxygen atoms in total. The molecule has 2 N–H and O–H groups in total. The van der Waals surface area contributed by atoms with E-state index in [0.717, 1.165) is 16.9 Å². The van der Waals surface area contributed by atoms with Crippen molar-refractivity contribution in [3.8, 4) is 5.75 Å². The highest BCUT2D eigenvalue weighted by molar-refractivity contribution is 6.04. The molecule has 0 aliphatic carbocycles. The van der Waals surface area contributed by atoms with Crippen LogP contribution in [0.1, 0.15) is 27.9 Å². The molecule has 0 bridgehead atoms. The van der Waals surface area contributed by atoms with Gasteiger partial charge in [-0.15, -0.1) is 0 Å². The number of carbonyl (C=O) groups is 2. The molecule has 148 valence electrons. The van der Waals surface area contributed by atoms with Crippen LogP contribution in [-0.2, 0) is 17.8 Å². The highest BCUT2D eigenvalue weighted by Crippen LogP contribution is 2.17. The van der Waals surface area contributed by atoms with Crippen LogP contribution >= 0.6 is 0 Å². The average molecular weight is 389 g/mol. The van der Waals surface area contributed by atoms with Crippen LogP contribution in [0.15, 0.2) is 73.1 Å². The van der Waals surface area contributed by atoms with E-state index in [1.165, 1.54) is 6.20 Å². The second-order valence-electron chi connectivity index (χ2n) is 6.48. The zero-order valence-electron chi connectivity index (χ0n) is 16.2. The van der Waals surface area contributed by atoms with E-state index in [1.54, 1.807) is 25.4 Å².